The molecule has 4 heteroatoms. The van der Waals surface area contributed by atoms with Crippen LogP contribution in [0.1, 0.15) is 49.8 Å². The molecule has 0 saturated carbocycles. The number of ether oxygens (including phenoxy) is 1. The first-order valence-electron chi connectivity index (χ1n) is 10.7. The molecule has 0 bridgehead atoms. The molecule has 3 nitrogen and oxygen atoms in total. The maximum atomic E-state index is 13.4. The highest BCUT2D eigenvalue weighted by Crippen LogP contribution is 2.33. The number of pyridine rings is 1. The standard InChI is InChI=1S/C27H30FNO2/c1-19-8-7-9-22(16-19)24(18-21-11-13-23(28)14-12-21)20(2)17-25(30)27(3,4)31-26-10-5-6-15-29-26/h5-16,20,24H,17-18H2,1-4H3. The van der Waals surface area contributed by atoms with Crippen molar-refractivity contribution in [1.29, 1.82) is 0 Å². The van der Waals surface area contributed by atoms with Crippen LogP contribution in [0.25, 0.3) is 0 Å². The van der Waals surface area contributed by atoms with Crippen molar-refractivity contribution in [2.24, 2.45) is 5.92 Å². The Labute approximate surface area is 184 Å². The minimum Gasteiger partial charge on any atom is -0.464 e. The molecule has 2 atom stereocenters. The Morgan fingerprint density at radius 2 is 1.81 bits per heavy atom. The number of carbonyl (C=O) groups is 1. The summed E-state index contributed by atoms with van der Waals surface area (Å²) in [7, 11) is 0. The van der Waals surface area contributed by atoms with Gasteiger partial charge in [-0.05, 0) is 68.4 Å². The van der Waals surface area contributed by atoms with E-state index in [2.05, 4.69) is 37.0 Å². The number of aryl methyl sites for hydroxylation is 1. The number of halogens is 1. The van der Waals surface area contributed by atoms with Crippen LogP contribution in [0.4, 0.5) is 4.39 Å². The first-order chi connectivity index (χ1) is 14.7. The summed E-state index contributed by atoms with van der Waals surface area (Å²) in [6.07, 6.45) is 2.76. The van der Waals surface area contributed by atoms with Gasteiger partial charge in [0.1, 0.15) is 5.82 Å². The van der Waals surface area contributed by atoms with Gasteiger partial charge < -0.3 is 4.74 Å². The van der Waals surface area contributed by atoms with Gasteiger partial charge in [-0.1, -0.05) is 55.0 Å². The lowest BCUT2D eigenvalue weighted by Crippen LogP contribution is -2.39. The molecule has 0 aliphatic heterocycles. The number of hydrogen-bond donors (Lipinski definition) is 0. The fourth-order valence-corrected chi connectivity index (χ4v) is 3.83. The summed E-state index contributed by atoms with van der Waals surface area (Å²) in [4.78, 5) is 17.4. The van der Waals surface area contributed by atoms with Gasteiger partial charge in [0.05, 0.1) is 0 Å². The van der Waals surface area contributed by atoms with Gasteiger partial charge in [0, 0.05) is 18.7 Å². The van der Waals surface area contributed by atoms with E-state index in [0.717, 1.165) is 12.0 Å². The Bertz CT molecular complexity index is 999. The second kappa shape index (κ2) is 9.86. The molecule has 3 aromatic rings. The number of aromatic nitrogens is 1. The summed E-state index contributed by atoms with van der Waals surface area (Å²) in [6.45, 7) is 7.75. The molecule has 31 heavy (non-hydrogen) atoms. The van der Waals surface area contributed by atoms with Crippen molar-refractivity contribution in [2.75, 3.05) is 0 Å². The van der Waals surface area contributed by atoms with E-state index < -0.39 is 5.60 Å². The molecule has 2 aromatic carbocycles. The van der Waals surface area contributed by atoms with E-state index in [1.165, 1.54) is 23.3 Å². The average Bonchev–Trinajstić information content (AvgIpc) is 2.73. The zero-order valence-electron chi connectivity index (χ0n) is 18.6. The third-order valence-electron chi connectivity index (χ3n) is 5.70. The maximum Gasteiger partial charge on any atom is 0.214 e. The molecule has 0 aliphatic carbocycles. The van der Waals surface area contributed by atoms with E-state index in [-0.39, 0.29) is 23.4 Å². The smallest absolute Gasteiger partial charge is 0.214 e. The van der Waals surface area contributed by atoms with Crippen LogP contribution in [0.3, 0.4) is 0 Å². The molecule has 0 fully saturated rings. The van der Waals surface area contributed by atoms with E-state index in [4.69, 9.17) is 4.74 Å². The second-order valence-electron chi connectivity index (χ2n) is 8.74. The predicted octanol–water partition coefficient (Wildman–Crippen LogP) is 6.31. The van der Waals surface area contributed by atoms with Crippen molar-refractivity contribution >= 4 is 5.78 Å². The van der Waals surface area contributed by atoms with Crippen LogP contribution in [-0.2, 0) is 11.2 Å². The zero-order chi connectivity index (χ0) is 22.4. The molecule has 0 saturated heterocycles. The molecule has 1 heterocycles. The third-order valence-corrected chi connectivity index (χ3v) is 5.70. The van der Waals surface area contributed by atoms with Gasteiger partial charge >= 0.3 is 0 Å². The second-order valence-corrected chi connectivity index (χ2v) is 8.74. The number of ketones is 1. The summed E-state index contributed by atoms with van der Waals surface area (Å²) in [5.41, 5.74) is 2.44. The highest BCUT2D eigenvalue weighted by molar-refractivity contribution is 5.87. The molecule has 0 N–H and O–H groups in total. The number of carbonyl (C=O) groups excluding carboxylic acids is 1. The molecular formula is C27H30FNO2. The van der Waals surface area contributed by atoms with Crippen molar-refractivity contribution in [1.82, 2.24) is 4.98 Å². The Kier molecular flexibility index (Phi) is 7.21. The predicted molar refractivity (Wildman–Crippen MR) is 122 cm³/mol. The van der Waals surface area contributed by atoms with Crippen LogP contribution >= 0.6 is 0 Å². The van der Waals surface area contributed by atoms with Crippen LogP contribution in [0.15, 0.2) is 72.9 Å². The van der Waals surface area contributed by atoms with E-state index in [0.29, 0.717) is 12.3 Å². The number of rotatable bonds is 9. The minimum absolute atomic E-state index is 0.0300. The van der Waals surface area contributed by atoms with Gasteiger partial charge in [0.2, 0.25) is 5.88 Å². The molecule has 0 aliphatic rings. The summed E-state index contributed by atoms with van der Waals surface area (Å²) >= 11 is 0. The molecular weight excluding hydrogens is 389 g/mol. The van der Waals surface area contributed by atoms with Gasteiger partial charge in [0.15, 0.2) is 11.4 Å². The minimum atomic E-state index is -0.977. The molecule has 2 unspecified atom stereocenters. The summed E-state index contributed by atoms with van der Waals surface area (Å²) in [5, 5.41) is 0. The van der Waals surface area contributed by atoms with E-state index in [1.54, 1.807) is 26.1 Å². The van der Waals surface area contributed by atoms with E-state index in [1.807, 2.05) is 30.3 Å². The Morgan fingerprint density at radius 3 is 2.45 bits per heavy atom. The van der Waals surface area contributed by atoms with Crippen molar-refractivity contribution in [3.8, 4) is 5.88 Å². The third kappa shape index (κ3) is 6.24. The van der Waals surface area contributed by atoms with Crippen LogP contribution < -0.4 is 4.74 Å². The molecule has 162 valence electrons. The lowest BCUT2D eigenvalue weighted by Gasteiger charge is -2.29. The summed E-state index contributed by atoms with van der Waals surface area (Å²) in [6, 6.07) is 20.4. The highest BCUT2D eigenvalue weighted by Gasteiger charge is 2.33. The number of nitrogens with zero attached hydrogens (tertiary/aromatic N) is 1. The zero-order valence-corrected chi connectivity index (χ0v) is 18.6. The maximum absolute atomic E-state index is 13.4. The fraction of sp³-hybridized carbons (Fsp3) is 0.333. The Balaban J connectivity index is 1.79. The SMILES string of the molecule is Cc1cccc(C(Cc2ccc(F)cc2)C(C)CC(=O)C(C)(C)Oc2ccccn2)c1. The van der Waals surface area contributed by atoms with Crippen LogP contribution in [-0.4, -0.2) is 16.4 Å². The first kappa shape index (κ1) is 22.7. The molecule has 3 rings (SSSR count). The van der Waals surface area contributed by atoms with Crippen molar-refractivity contribution in [3.63, 3.8) is 0 Å². The number of Topliss-reactive ketones (excluding diaryl/α,β-unsaturated/α-hetero) is 1. The first-order valence-corrected chi connectivity index (χ1v) is 10.7. The summed E-state index contributed by atoms with van der Waals surface area (Å²) < 4.78 is 19.3. The quantitative estimate of drug-likeness (QED) is 0.408. The van der Waals surface area contributed by atoms with E-state index >= 15 is 0 Å². The van der Waals surface area contributed by atoms with Crippen LogP contribution in [0.2, 0.25) is 0 Å². The Morgan fingerprint density at radius 1 is 1.06 bits per heavy atom. The topological polar surface area (TPSA) is 39.2 Å². The normalized spacial score (nSPS) is 13.5. The fourth-order valence-electron chi connectivity index (χ4n) is 3.83. The monoisotopic (exact) mass is 419 g/mol. The lowest BCUT2D eigenvalue weighted by atomic mass is 9.78. The highest BCUT2D eigenvalue weighted by atomic mass is 19.1. The van der Waals surface area contributed by atoms with Crippen molar-refractivity contribution in [3.05, 3.63) is 95.4 Å². The number of benzene rings is 2. The summed E-state index contributed by atoms with van der Waals surface area (Å²) in [5.74, 6) is 0.427. The van der Waals surface area contributed by atoms with Gasteiger partial charge in [0.25, 0.3) is 0 Å². The average molecular weight is 420 g/mol. The van der Waals surface area contributed by atoms with Gasteiger partial charge in [-0.15, -0.1) is 0 Å². The van der Waals surface area contributed by atoms with Crippen LogP contribution in [0.5, 0.6) is 5.88 Å². The van der Waals surface area contributed by atoms with Gasteiger partial charge in [-0.3, -0.25) is 4.79 Å². The Hall–Kier alpha value is -3.01. The van der Waals surface area contributed by atoms with Crippen molar-refractivity contribution in [2.45, 2.75) is 52.1 Å². The molecule has 1 aromatic heterocycles. The largest absolute Gasteiger partial charge is 0.464 e. The van der Waals surface area contributed by atoms with Gasteiger partial charge in [-0.2, -0.15) is 0 Å². The molecule has 0 amide bonds. The van der Waals surface area contributed by atoms with Crippen molar-refractivity contribution < 1.29 is 13.9 Å². The molecule has 0 radical (unpaired) electrons. The van der Waals surface area contributed by atoms with Crippen LogP contribution in [0, 0.1) is 18.7 Å². The van der Waals surface area contributed by atoms with Gasteiger partial charge in [-0.25, -0.2) is 9.37 Å². The lowest BCUT2D eigenvalue weighted by molar-refractivity contribution is -0.133. The number of hydrogen-bond acceptors (Lipinski definition) is 3. The molecule has 0 spiro atoms. The van der Waals surface area contributed by atoms with E-state index in [9.17, 15) is 9.18 Å².